The fourth-order valence-electron chi connectivity index (χ4n) is 5.27. The second kappa shape index (κ2) is 8.54. The molecule has 35 heavy (non-hydrogen) atoms. The Kier molecular flexibility index (Phi) is 5.33. The predicted molar refractivity (Wildman–Crippen MR) is 144 cm³/mol. The first-order valence-corrected chi connectivity index (χ1v) is 12.5. The molecule has 1 saturated heterocycles. The highest BCUT2D eigenvalue weighted by atomic mass is 15.3. The van der Waals surface area contributed by atoms with E-state index in [1.165, 1.54) is 27.8 Å². The summed E-state index contributed by atoms with van der Waals surface area (Å²) in [5, 5.41) is 1.28. The highest BCUT2D eigenvalue weighted by Gasteiger charge is 2.18. The SMILES string of the molecule is Cc1cn2cc(-c3[nH]c4ccc(-c5ccc(N6CCN(C)CC6)nc5)cc4c3C(C)C)ccc2n1. The lowest BCUT2D eigenvalue weighted by Gasteiger charge is -2.33. The summed E-state index contributed by atoms with van der Waals surface area (Å²) >= 11 is 0. The summed E-state index contributed by atoms with van der Waals surface area (Å²) in [5.41, 5.74) is 9.22. The number of aromatic nitrogens is 4. The molecule has 4 aromatic heterocycles. The van der Waals surface area contributed by atoms with E-state index in [-0.39, 0.29) is 0 Å². The minimum atomic E-state index is 0.381. The number of aromatic amines is 1. The van der Waals surface area contributed by atoms with E-state index in [2.05, 4.69) is 99.9 Å². The molecule has 0 radical (unpaired) electrons. The molecule has 0 aliphatic carbocycles. The molecule has 0 atom stereocenters. The van der Waals surface area contributed by atoms with Crippen LogP contribution in [0.15, 0.2) is 61.1 Å². The number of hydrogen-bond donors (Lipinski definition) is 1. The van der Waals surface area contributed by atoms with E-state index < -0.39 is 0 Å². The summed E-state index contributed by atoms with van der Waals surface area (Å²) < 4.78 is 2.11. The highest BCUT2D eigenvalue weighted by Crippen LogP contribution is 2.37. The van der Waals surface area contributed by atoms with Gasteiger partial charge in [-0.25, -0.2) is 9.97 Å². The lowest BCUT2D eigenvalue weighted by atomic mass is 9.95. The van der Waals surface area contributed by atoms with E-state index in [4.69, 9.17) is 4.98 Å². The number of rotatable bonds is 4. The fraction of sp³-hybridized carbons (Fsp3) is 0.310. The van der Waals surface area contributed by atoms with E-state index in [0.29, 0.717) is 5.92 Å². The van der Waals surface area contributed by atoms with Crippen LogP contribution >= 0.6 is 0 Å². The van der Waals surface area contributed by atoms with Crippen molar-refractivity contribution in [2.75, 3.05) is 38.1 Å². The quantitative estimate of drug-likeness (QED) is 0.369. The molecule has 1 N–H and O–H groups in total. The number of aryl methyl sites for hydroxylation is 1. The Balaban J connectivity index is 1.37. The maximum atomic E-state index is 4.82. The van der Waals surface area contributed by atoms with E-state index in [1.807, 2.05) is 13.1 Å². The molecular weight excluding hydrogens is 432 g/mol. The maximum Gasteiger partial charge on any atom is 0.136 e. The molecule has 1 aliphatic rings. The second-order valence-electron chi connectivity index (χ2n) is 10.1. The molecule has 0 bridgehead atoms. The number of likely N-dealkylation sites (N-methyl/N-ethyl adjacent to an activating group) is 1. The van der Waals surface area contributed by atoms with Gasteiger partial charge in [0.15, 0.2) is 0 Å². The number of nitrogens with one attached hydrogen (secondary N) is 1. The molecule has 0 spiro atoms. The molecule has 0 saturated carbocycles. The third kappa shape index (κ3) is 3.98. The molecule has 1 aromatic carbocycles. The number of fused-ring (bicyclic) bond motifs is 2. The van der Waals surface area contributed by atoms with Crippen LogP contribution in [0.1, 0.15) is 31.0 Å². The van der Waals surface area contributed by atoms with Gasteiger partial charge in [0.05, 0.1) is 11.4 Å². The van der Waals surface area contributed by atoms with Gasteiger partial charge in [0, 0.05) is 66.8 Å². The van der Waals surface area contributed by atoms with Crippen molar-refractivity contribution in [3.8, 4) is 22.4 Å². The molecule has 6 rings (SSSR count). The van der Waals surface area contributed by atoms with Gasteiger partial charge in [0.1, 0.15) is 11.5 Å². The van der Waals surface area contributed by atoms with E-state index in [0.717, 1.165) is 54.4 Å². The van der Waals surface area contributed by atoms with Crippen molar-refractivity contribution in [3.63, 3.8) is 0 Å². The molecule has 1 fully saturated rings. The monoisotopic (exact) mass is 464 g/mol. The van der Waals surface area contributed by atoms with Crippen LogP contribution in [0.5, 0.6) is 0 Å². The lowest BCUT2D eigenvalue weighted by Crippen LogP contribution is -2.44. The van der Waals surface area contributed by atoms with Crippen molar-refractivity contribution in [3.05, 3.63) is 72.3 Å². The summed E-state index contributed by atoms with van der Waals surface area (Å²) in [7, 11) is 2.18. The van der Waals surface area contributed by atoms with Crippen molar-refractivity contribution >= 4 is 22.4 Å². The largest absolute Gasteiger partial charge is 0.354 e. The summed E-state index contributed by atoms with van der Waals surface area (Å²) in [4.78, 5) is 17.8. The Morgan fingerprint density at radius 2 is 1.66 bits per heavy atom. The Hall–Kier alpha value is -3.64. The first kappa shape index (κ1) is 21.9. The summed E-state index contributed by atoms with van der Waals surface area (Å²) in [6.45, 7) is 10.8. The average Bonchev–Trinajstić information content (AvgIpc) is 3.43. The number of pyridine rings is 2. The van der Waals surface area contributed by atoms with Gasteiger partial charge >= 0.3 is 0 Å². The smallest absolute Gasteiger partial charge is 0.136 e. The topological polar surface area (TPSA) is 52.5 Å². The third-order valence-corrected chi connectivity index (χ3v) is 7.18. The first-order valence-electron chi connectivity index (χ1n) is 12.5. The van der Waals surface area contributed by atoms with E-state index >= 15 is 0 Å². The number of H-pyrrole nitrogens is 1. The van der Waals surface area contributed by atoms with Crippen LogP contribution in [0.3, 0.4) is 0 Å². The number of hydrogen-bond acceptors (Lipinski definition) is 4. The van der Waals surface area contributed by atoms with Gasteiger partial charge in [0.2, 0.25) is 0 Å². The zero-order valence-electron chi connectivity index (χ0n) is 20.9. The maximum absolute atomic E-state index is 4.82. The number of nitrogens with zero attached hydrogens (tertiary/aromatic N) is 5. The summed E-state index contributed by atoms with van der Waals surface area (Å²) in [5.74, 6) is 1.45. The first-order chi connectivity index (χ1) is 17.0. The standard InChI is InChI=1S/C29H32N6/c1-19(2)28-24-15-21(22-6-9-26(30-16-22)34-13-11-33(4)12-14-34)5-8-25(24)32-29(28)23-7-10-27-31-20(3)17-35(27)18-23/h5-10,15-19,32H,11-14H2,1-4H3. The zero-order chi connectivity index (χ0) is 24.1. The molecule has 1 aliphatic heterocycles. The molecule has 0 unspecified atom stereocenters. The van der Waals surface area contributed by atoms with Gasteiger partial charge in [-0.3, -0.25) is 0 Å². The van der Waals surface area contributed by atoms with Crippen LogP contribution in [0.2, 0.25) is 0 Å². The molecule has 5 heterocycles. The van der Waals surface area contributed by atoms with Gasteiger partial charge in [-0.05, 0) is 67.4 Å². The molecule has 5 aromatic rings. The average molecular weight is 465 g/mol. The highest BCUT2D eigenvalue weighted by molar-refractivity contribution is 5.94. The van der Waals surface area contributed by atoms with Crippen LogP contribution in [0.25, 0.3) is 38.9 Å². The normalized spacial score (nSPS) is 15.1. The third-order valence-electron chi connectivity index (χ3n) is 7.18. The minimum absolute atomic E-state index is 0.381. The van der Waals surface area contributed by atoms with Gasteiger partial charge < -0.3 is 19.2 Å². The second-order valence-corrected chi connectivity index (χ2v) is 10.1. The molecular formula is C29H32N6. The number of imidazole rings is 1. The van der Waals surface area contributed by atoms with Crippen molar-refractivity contribution in [1.29, 1.82) is 0 Å². The molecule has 6 nitrogen and oxygen atoms in total. The van der Waals surface area contributed by atoms with E-state index in [9.17, 15) is 0 Å². The van der Waals surface area contributed by atoms with Crippen molar-refractivity contribution < 1.29 is 0 Å². The van der Waals surface area contributed by atoms with Crippen molar-refractivity contribution in [1.82, 2.24) is 24.3 Å². The number of piperazine rings is 1. The Labute approximate surface area is 206 Å². The summed E-state index contributed by atoms with van der Waals surface area (Å²) in [6.07, 6.45) is 6.27. The molecule has 178 valence electrons. The van der Waals surface area contributed by atoms with Gasteiger partial charge in [0.25, 0.3) is 0 Å². The Bertz CT molecular complexity index is 1500. The lowest BCUT2D eigenvalue weighted by molar-refractivity contribution is 0.312. The Morgan fingerprint density at radius 1 is 0.886 bits per heavy atom. The van der Waals surface area contributed by atoms with Crippen molar-refractivity contribution in [2.45, 2.75) is 26.7 Å². The zero-order valence-corrected chi connectivity index (χ0v) is 20.9. The fourth-order valence-corrected chi connectivity index (χ4v) is 5.27. The van der Waals surface area contributed by atoms with Gasteiger partial charge in [-0.1, -0.05) is 19.9 Å². The van der Waals surface area contributed by atoms with Crippen LogP contribution < -0.4 is 4.90 Å². The van der Waals surface area contributed by atoms with Crippen LogP contribution in [-0.2, 0) is 0 Å². The van der Waals surface area contributed by atoms with E-state index in [1.54, 1.807) is 0 Å². The van der Waals surface area contributed by atoms with Gasteiger partial charge in [-0.15, -0.1) is 0 Å². The number of benzene rings is 1. The van der Waals surface area contributed by atoms with Crippen LogP contribution in [0.4, 0.5) is 5.82 Å². The molecule has 6 heteroatoms. The summed E-state index contributed by atoms with van der Waals surface area (Å²) in [6, 6.07) is 15.4. The van der Waals surface area contributed by atoms with Crippen LogP contribution in [0, 0.1) is 6.92 Å². The van der Waals surface area contributed by atoms with Gasteiger partial charge in [-0.2, -0.15) is 0 Å². The molecule has 0 amide bonds. The predicted octanol–water partition coefficient (Wildman–Crippen LogP) is 5.73. The number of anilines is 1. The Morgan fingerprint density at radius 3 is 2.40 bits per heavy atom. The van der Waals surface area contributed by atoms with Crippen molar-refractivity contribution in [2.24, 2.45) is 0 Å². The minimum Gasteiger partial charge on any atom is -0.354 e. The van der Waals surface area contributed by atoms with Crippen LogP contribution in [-0.4, -0.2) is 57.5 Å².